The van der Waals surface area contributed by atoms with E-state index in [1.807, 2.05) is 0 Å². The van der Waals surface area contributed by atoms with E-state index in [-0.39, 0.29) is 41.5 Å². The molecule has 2 aliphatic heterocycles. The average molecular weight is 333 g/mol. The Morgan fingerprint density at radius 1 is 1.38 bits per heavy atom. The zero-order chi connectivity index (χ0) is 17.2. The summed E-state index contributed by atoms with van der Waals surface area (Å²) in [6, 6.07) is 0.630. The van der Waals surface area contributed by atoms with Gasteiger partial charge in [-0.2, -0.15) is 0 Å². The van der Waals surface area contributed by atoms with Crippen molar-refractivity contribution in [1.29, 1.82) is 0 Å². The summed E-state index contributed by atoms with van der Waals surface area (Å²) >= 11 is 0. The van der Waals surface area contributed by atoms with E-state index in [0.29, 0.717) is 0 Å². The molecule has 1 fully saturated rings. The number of ketones is 1. The normalized spacial score (nSPS) is 21.4. The first kappa shape index (κ1) is 14.8. The summed E-state index contributed by atoms with van der Waals surface area (Å²) in [5, 5.41) is 9.08. The highest BCUT2D eigenvalue weighted by atomic mass is 19.1. The fourth-order valence-electron chi connectivity index (χ4n) is 2.97. The van der Waals surface area contributed by atoms with Crippen molar-refractivity contribution in [1.82, 2.24) is 4.57 Å². The number of halogens is 1. The van der Waals surface area contributed by atoms with Crippen LogP contribution in [0.2, 0.25) is 0 Å². The number of hydrogen-bond acceptors (Lipinski definition) is 5. The largest absolute Gasteiger partial charge is 0.488 e. The molecule has 2 aliphatic rings. The maximum Gasteiger partial charge on any atom is 0.341 e. The number of hydrogen-bond donors (Lipinski definition) is 1. The molecule has 2 aromatic rings. The standard InChI is InChI=1S/C16H12FNO6/c1-6-4-24-15-11(14(20)10-5-23-10)9(17)2-7-12(15)18(6)3-8(13(7)19)16(21)22/h2-3,6,10H,4-5H2,1H3,(H,21,22)/t6-,10?/m0/s1. The van der Waals surface area contributed by atoms with E-state index in [4.69, 9.17) is 9.47 Å². The molecule has 4 rings (SSSR count). The van der Waals surface area contributed by atoms with Gasteiger partial charge in [0.2, 0.25) is 11.2 Å². The lowest BCUT2D eigenvalue weighted by Crippen LogP contribution is -2.28. The Hall–Kier alpha value is -2.74. The van der Waals surface area contributed by atoms with Crippen LogP contribution in [0.5, 0.6) is 5.75 Å². The molecule has 124 valence electrons. The summed E-state index contributed by atoms with van der Waals surface area (Å²) in [7, 11) is 0. The van der Waals surface area contributed by atoms with Gasteiger partial charge < -0.3 is 19.1 Å². The number of aromatic nitrogens is 1. The van der Waals surface area contributed by atoms with Crippen LogP contribution in [0.4, 0.5) is 4.39 Å². The summed E-state index contributed by atoms with van der Waals surface area (Å²) in [5.41, 5.74) is -1.29. The zero-order valence-corrected chi connectivity index (χ0v) is 12.5. The quantitative estimate of drug-likeness (QED) is 0.673. The summed E-state index contributed by atoms with van der Waals surface area (Å²) in [5.74, 6) is -2.88. The zero-order valence-electron chi connectivity index (χ0n) is 12.5. The first-order valence-electron chi connectivity index (χ1n) is 7.33. The van der Waals surface area contributed by atoms with E-state index < -0.39 is 34.7 Å². The number of carboxylic acid groups (broad SMARTS) is 1. The maximum atomic E-state index is 14.5. The van der Waals surface area contributed by atoms with Crippen molar-refractivity contribution in [2.75, 3.05) is 13.2 Å². The highest BCUT2D eigenvalue weighted by molar-refractivity contribution is 6.08. The molecule has 1 N–H and O–H groups in total. The Balaban J connectivity index is 2.13. The molecule has 1 aromatic heterocycles. The number of rotatable bonds is 3. The highest BCUT2D eigenvalue weighted by Crippen LogP contribution is 2.38. The van der Waals surface area contributed by atoms with Gasteiger partial charge in [-0.3, -0.25) is 9.59 Å². The Kier molecular flexibility index (Phi) is 3.01. The molecule has 0 aliphatic carbocycles. The topological polar surface area (TPSA) is 98.1 Å². The highest BCUT2D eigenvalue weighted by Gasteiger charge is 2.38. The van der Waals surface area contributed by atoms with Gasteiger partial charge in [0.05, 0.1) is 23.6 Å². The van der Waals surface area contributed by atoms with Crippen LogP contribution in [0.25, 0.3) is 10.9 Å². The predicted octanol–water partition coefficient (Wildman–Crippen LogP) is 1.37. The van der Waals surface area contributed by atoms with Crippen molar-refractivity contribution in [3.63, 3.8) is 0 Å². The van der Waals surface area contributed by atoms with Gasteiger partial charge in [-0.25, -0.2) is 9.18 Å². The van der Waals surface area contributed by atoms with E-state index in [9.17, 15) is 23.9 Å². The monoisotopic (exact) mass is 333 g/mol. The van der Waals surface area contributed by atoms with Gasteiger partial charge in [0.15, 0.2) is 5.75 Å². The van der Waals surface area contributed by atoms with Crippen LogP contribution in [-0.4, -0.2) is 40.7 Å². The van der Waals surface area contributed by atoms with Crippen LogP contribution in [0.3, 0.4) is 0 Å². The van der Waals surface area contributed by atoms with Crippen molar-refractivity contribution < 1.29 is 28.6 Å². The molecule has 8 heteroatoms. The van der Waals surface area contributed by atoms with Crippen molar-refractivity contribution in [3.8, 4) is 5.75 Å². The number of Topliss-reactive ketones (excluding diaryl/α,β-unsaturated/α-hetero) is 1. The van der Waals surface area contributed by atoms with Crippen LogP contribution in [0.1, 0.15) is 33.7 Å². The molecular formula is C16H12FNO6. The van der Waals surface area contributed by atoms with Crippen LogP contribution >= 0.6 is 0 Å². The molecule has 0 radical (unpaired) electrons. The summed E-state index contributed by atoms with van der Waals surface area (Å²) in [6.07, 6.45) is 0.512. The van der Waals surface area contributed by atoms with Gasteiger partial charge in [-0.15, -0.1) is 0 Å². The molecule has 0 spiro atoms. The Morgan fingerprint density at radius 3 is 2.71 bits per heavy atom. The van der Waals surface area contributed by atoms with Crippen molar-refractivity contribution in [2.24, 2.45) is 0 Å². The summed E-state index contributed by atoms with van der Waals surface area (Å²) in [6.45, 7) is 2.11. The maximum absolute atomic E-state index is 14.5. The SMILES string of the molecule is C[C@H]1COc2c(C(=O)C3CO3)c(F)cc3c(=O)c(C(=O)O)cn1c23. The lowest BCUT2D eigenvalue weighted by molar-refractivity contribution is 0.0694. The van der Waals surface area contributed by atoms with Gasteiger partial charge in [0.25, 0.3) is 0 Å². The third-order valence-electron chi connectivity index (χ3n) is 4.27. The van der Waals surface area contributed by atoms with E-state index >= 15 is 0 Å². The Morgan fingerprint density at radius 2 is 2.08 bits per heavy atom. The first-order chi connectivity index (χ1) is 11.4. The van der Waals surface area contributed by atoms with Gasteiger partial charge in [0, 0.05) is 6.20 Å². The first-order valence-corrected chi connectivity index (χ1v) is 7.33. The molecule has 1 aromatic carbocycles. The smallest absolute Gasteiger partial charge is 0.341 e. The second-order valence-electron chi connectivity index (χ2n) is 5.89. The van der Waals surface area contributed by atoms with Crippen molar-refractivity contribution >= 4 is 22.7 Å². The Labute approximate surface area is 134 Å². The second kappa shape index (κ2) is 4.88. The molecule has 0 bridgehead atoms. The fraction of sp³-hybridized carbons (Fsp3) is 0.312. The number of pyridine rings is 1. The number of benzene rings is 1. The predicted molar refractivity (Wildman–Crippen MR) is 79.4 cm³/mol. The molecule has 0 saturated carbocycles. The summed E-state index contributed by atoms with van der Waals surface area (Å²) < 4.78 is 26.5. The van der Waals surface area contributed by atoms with Crippen LogP contribution in [0.15, 0.2) is 17.1 Å². The number of carboxylic acids is 1. The molecule has 7 nitrogen and oxygen atoms in total. The van der Waals surface area contributed by atoms with E-state index in [1.54, 1.807) is 11.5 Å². The van der Waals surface area contributed by atoms with E-state index in [1.165, 1.54) is 6.20 Å². The van der Waals surface area contributed by atoms with Crippen LogP contribution < -0.4 is 10.2 Å². The number of carbonyl (C=O) groups excluding carboxylic acids is 1. The van der Waals surface area contributed by atoms with E-state index in [0.717, 1.165) is 6.07 Å². The number of ether oxygens (including phenoxy) is 2. The molecule has 0 amide bonds. The van der Waals surface area contributed by atoms with Crippen molar-refractivity contribution in [3.05, 3.63) is 39.4 Å². The van der Waals surface area contributed by atoms with Crippen molar-refractivity contribution in [2.45, 2.75) is 19.1 Å². The molecule has 1 saturated heterocycles. The third kappa shape index (κ3) is 1.96. The second-order valence-corrected chi connectivity index (χ2v) is 5.89. The minimum atomic E-state index is -1.39. The average Bonchev–Trinajstić information content (AvgIpc) is 3.36. The molecule has 1 unspecified atom stereocenters. The number of carbonyl (C=O) groups is 2. The van der Waals surface area contributed by atoms with Gasteiger partial charge in [-0.1, -0.05) is 0 Å². The summed E-state index contributed by atoms with van der Waals surface area (Å²) in [4.78, 5) is 36.0. The van der Waals surface area contributed by atoms with E-state index in [2.05, 4.69) is 0 Å². The number of epoxide rings is 1. The van der Waals surface area contributed by atoms with Crippen LogP contribution in [0, 0.1) is 5.82 Å². The van der Waals surface area contributed by atoms with Crippen LogP contribution in [-0.2, 0) is 4.74 Å². The fourth-order valence-corrected chi connectivity index (χ4v) is 2.97. The molecular weight excluding hydrogens is 321 g/mol. The van der Waals surface area contributed by atoms with Gasteiger partial charge in [0.1, 0.15) is 29.7 Å². The number of nitrogens with zero attached hydrogens (tertiary/aromatic N) is 1. The number of aromatic carboxylic acids is 1. The Bertz CT molecular complexity index is 975. The minimum Gasteiger partial charge on any atom is -0.488 e. The lowest BCUT2D eigenvalue weighted by Gasteiger charge is -2.28. The molecule has 3 heterocycles. The lowest BCUT2D eigenvalue weighted by atomic mass is 10.00. The third-order valence-corrected chi connectivity index (χ3v) is 4.27. The molecule has 2 atom stereocenters. The minimum absolute atomic E-state index is 0.0300. The van der Waals surface area contributed by atoms with Gasteiger partial charge in [-0.05, 0) is 13.0 Å². The van der Waals surface area contributed by atoms with Gasteiger partial charge >= 0.3 is 5.97 Å². The molecule has 24 heavy (non-hydrogen) atoms.